The molecule has 31 heavy (non-hydrogen) atoms. The van der Waals surface area contributed by atoms with E-state index in [1.165, 1.54) is 8.47 Å². The van der Waals surface area contributed by atoms with Gasteiger partial charge in [-0.15, -0.1) is 0 Å². The van der Waals surface area contributed by atoms with Gasteiger partial charge in [0.15, 0.2) is 11.5 Å². The maximum Gasteiger partial charge on any atom is 0.293 e. The van der Waals surface area contributed by atoms with E-state index in [0.29, 0.717) is 29.6 Å². The van der Waals surface area contributed by atoms with Crippen molar-refractivity contribution in [3.8, 4) is 11.5 Å². The molecule has 0 aromatic heterocycles. The van der Waals surface area contributed by atoms with E-state index in [1.807, 2.05) is 57.2 Å². The van der Waals surface area contributed by atoms with Gasteiger partial charge in [-0.05, 0) is 119 Å². The van der Waals surface area contributed by atoms with Crippen LogP contribution in [-0.2, 0) is 11.4 Å². The Balaban J connectivity index is 1.86. The van der Waals surface area contributed by atoms with Crippen molar-refractivity contribution < 1.29 is 19.1 Å². The van der Waals surface area contributed by atoms with Crippen LogP contribution in [0, 0.1) is 7.14 Å². The topological polar surface area (TPSA) is 55.8 Å². The minimum absolute atomic E-state index is 0.116. The predicted octanol–water partition coefficient (Wildman–Crippen LogP) is 6.71. The van der Waals surface area contributed by atoms with E-state index in [0.717, 1.165) is 32.9 Å². The van der Waals surface area contributed by atoms with Crippen LogP contribution in [0.4, 0.5) is 4.79 Å². The molecule has 0 N–H and O–H groups in total. The van der Waals surface area contributed by atoms with Crippen LogP contribution in [0.1, 0.15) is 38.3 Å². The molecule has 1 saturated heterocycles. The zero-order valence-electron chi connectivity index (χ0n) is 17.5. The Kier molecular flexibility index (Phi) is 8.68. The molecule has 0 bridgehead atoms. The van der Waals surface area contributed by atoms with Gasteiger partial charge in [0, 0.05) is 9.61 Å². The van der Waals surface area contributed by atoms with Crippen molar-refractivity contribution in [2.45, 2.75) is 39.8 Å². The SMILES string of the molecule is CCOc1cc(/C=C2/SC(=O)N([C@H](C)CC)C2=O)cc(I)c1OCc1ccc(I)cc1. The van der Waals surface area contributed by atoms with Crippen molar-refractivity contribution in [2.75, 3.05) is 6.61 Å². The van der Waals surface area contributed by atoms with Gasteiger partial charge in [0.1, 0.15) is 6.61 Å². The number of thioether (sulfide) groups is 1. The van der Waals surface area contributed by atoms with E-state index in [-0.39, 0.29) is 17.2 Å². The Morgan fingerprint density at radius 2 is 1.81 bits per heavy atom. The summed E-state index contributed by atoms with van der Waals surface area (Å²) in [5, 5.41) is -0.220. The maximum atomic E-state index is 12.7. The van der Waals surface area contributed by atoms with E-state index in [4.69, 9.17) is 9.47 Å². The second-order valence-corrected chi connectivity index (χ2v) is 10.4. The minimum atomic E-state index is -0.239. The van der Waals surface area contributed by atoms with Crippen LogP contribution in [0.2, 0.25) is 0 Å². The van der Waals surface area contributed by atoms with Gasteiger partial charge in [0.25, 0.3) is 11.1 Å². The second-order valence-electron chi connectivity index (χ2n) is 6.99. The summed E-state index contributed by atoms with van der Waals surface area (Å²) >= 11 is 5.47. The smallest absolute Gasteiger partial charge is 0.293 e. The molecule has 1 atom stereocenters. The first-order valence-electron chi connectivity index (χ1n) is 9.94. The monoisotopic (exact) mass is 663 g/mol. The summed E-state index contributed by atoms with van der Waals surface area (Å²) in [6.45, 7) is 6.68. The molecule has 1 fully saturated rings. The zero-order chi connectivity index (χ0) is 22.5. The van der Waals surface area contributed by atoms with Gasteiger partial charge in [-0.3, -0.25) is 14.5 Å². The first-order valence-corrected chi connectivity index (χ1v) is 12.9. The highest BCUT2D eigenvalue weighted by Gasteiger charge is 2.37. The van der Waals surface area contributed by atoms with Gasteiger partial charge in [-0.25, -0.2) is 0 Å². The lowest BCUT2D eigenvalue weighted by atomic mass is 10.1. The minimum Gasteiger partial charge on any atom is -0.490 e. The normalized spacial score (nSPS) is 16.2. The third kappa shape index (κ3) is 5.95. The Hall–Kier alpha value is -1.27. The fourth-order valence-corrected chi connectivity index (χ4v) is 5.07. The number of amides is 2. The quantitative estimate of drug-likeness (QED) is 0.232. The summed E-state index contributed by atoms with van der Waals surface area (Å²) in [5.41, 5.74) is 1.87. The molecule has 2 amide bonds. The summed E-state index contributed by atoms with van der Waals surface area (Å²) in [6, 6.07) is 11.8. The number of carbonyl (C=O) groups excluding carboxylic acids is 2. The molecule has 1 aliphatic rings. The molecule has 0 aliphatic carbocycles. The average Bonchev–Trinajstić information content (AvgIpc) is 3.01. The summed E-state index contributed by atoms with van der Waals surface area (Å²) < 4.78 is 14.0. The Morgan fingerprint density at radius 3 is 2.45 bits per heavy atom. The number of rotatable bonds is 8. The lowest BCUT2D eigenvalue weighted by Gasteiger charge is -2.19. The predicted molar refractivity (Wildman–Crippen MR) is 141 cm³/mol. The Bertz CT molecular complexity index is 1010. The standard InChI is InChI=1S/C23H23I2NO4S/c1-4-14(3)26-22(27)20(31-23(26)28)12-16-10-18(25)21(19(11-16)29-5-2)30-13-15-6-8-17(24)9-7-15/h6-12,14H,4-5,13H2,1-3H3/b20-12+/t14-/m1/s1. The average molecular weight is 663 g/mol. The molecule has 8 heteroatoms. The highest BCUT2D eigenvalue weighted by molar-refractivity contribution is 14.1. The van der Waals surface area contributed by atoms with Crippen molar-refractivity contribution in [3.05, 3.63) is 59.6 Å². The van der Waals surface area contributed by atoms with E-state index in [1.54, 1.807) is 6.08 Å². The van der Waals surface area contributed by atoms with Crippen molar-refractivity contribution in [1.29, 1.82) is 0 Å². The Labute approximate surface area is 214 Å². The molecule has 0 unspecified atom stereocenters. The number of ether oxygens (including phenoxy) is 2. The third-order valence-electron chi connectivity index (χ3n) is 4.78. The molecular formula is C23H23I2NO4S. The second kappa shape index (κ2) is 11.0. The summed E-state index contributed by atoms with van der Waals surface area (Å²) in [4.78, 5) is 26.8. The van der Waals surface area contributed by atoms with Gasteiger partial charge in [0.2, 0.25) is 0 Å². The summed E-state index contributed by atoms with van der Waals surface area (Å²) in [7, 11) is 0. The third-order valence-corrected chi connectivity index (χ3v) is 7.19. The van der Waals surface area contributed by atoms with Crippen LogP contribution in [0.15, 0.2) is 41.3 Å². The maximum absolute atomic E-state index is 12.7. The number of benzene rings is 2. The largest absolute Gasteiger partial charge is 0.490 e. The highest BCUT2D eigenvalue weighted by Crippen LogP contribution is 2.38. The molecule has 0 saturated carbocycles. The van der Waals surface area contributed by atoms with Gasteiger partial charge in [-0.2, -0.15) is 0 Å². The number of hydrogen-bond donors (Lipinski definition) is 0. The molecule has 2 aromatic carbocycles. The molecule has 164 valence electrons. The Morgan fingerprint density at radius 1 is 1.10 bits per heavy atom. The van der Waals surface area contributed by atoms with Crippen LogP contribution in [-0.4, -0.2) is 28.7 Å². The molecule has 3 rings (SSSR count). The van der Waals surface area contributed by atoms with Gasteiger partial charge in [0.05, 0.1) is 15.1 Å². The van der Waals surface area contributed by atoms with Crippen molar-refractivity contribution >= 4 is 74.2 Å². The van der Waals surface area contributed by atoms with E-state index < -0.39 is 0 Å². The molecule has 1 heterocycles. The number of hydrogen-bond acceptors (Lipinski definition) is 5. The van der Waals surface area contributed by atoms with Crippen LogP contribution >= 0.6 is 56.9 Å². The highest BCUT2D eigenvalue weighted by atomic mass is 127. The van der Waals surface area contributed by atoms with Crippen molar-refractivity contribution in [1.82, 2.24) is 4.90 Å². The van der Waals surface area contributed by atoms with Gasteiger partial charge in [-0.1, -0.05) is 19.1 Å². The number of carbonyl (C=O) groups is 2. The van der Waals surface area contributed by atoms with Gasteiger partial charge >= 0.3 is 0 Å². The number of imide groups is 1. The van der Waals surface area contributed by atoms with Crippen molar-refractivity contribution in [2.24, 2.45) is 0 Å². The van der Waals surface area contributed by atoms with E-state index in [2.05, 4.69) is 45.2 Å². The molecule has 1 aliphatic heterocycles. The number of halogens is 2. The molecule has 0 radical (unpaired) electrons. The van der Waals surface area contributed by atoms with Gasteiger partial charge < -0.3 is 9.47 Å². The number of nitrogens with zero attached hydrogens (tertiary/aromatic N) is 1. The molecular weight excluding hydrogens is 640 g/mol. The van der Waals surface area contributed by atoms with Crippen LogP contribution in [0.25, 0.3) is 6.08 Å². The first-order chi connectivity index (χ1) is 14.8. The van der Waals surface area contributed by atoms with E-state index in [9.17, 15) is 9.59 Å². The zero-order valence-corrected chi connectivity index (χ0v) is 22.6. The molecule has 2 aromatic rings. The molecule has 5 nitrogen and oxygen atoms in total. The van der Waals surface area contributed by atoms with Crippen molar-refractivity contribution in [3.63, 3.8) is 0 Å². The van der Waals surface area contributed by atoms with Crippen LogP contribution < -0.4 is 9.47 Å². The molecule has 0 spiro atoms. The lowest BCUT2D eigenvalue weighted by Crippen LogP contribution is -2.36. The summed E-state index contributed by atoms with van der Waals surface area (Å²) in [5.74, 6) is 1.05. The van der Waals surface area contributed by atoms with Crippen LogP contribution in [0.3, 0.4) is 0 Å². The lowest BCUT2D eigenvalue weighted by molar-refractivity contribution is -0.124. The fraction of sp³-hybridized carbons (Fsp3) is 0.304. The first kappa shape index (κ1) is 24.4. The van der Waals surface area contributed by atoms with E-state index >= 15 is 0 Å². The summed E-state index contributed by atoms with van der Waals surface area (Å²) in [6.07, 6.45) is 2.48. The fourth-order valence-electron chi connectivity index (χ4n) is 3.00. The van der Waals surface area contributed by atoms with Crippen LogP contribution in [0.5, 0.6) is 11.5 Å².